The second-order valence-electron chi connectivity index (χ2n) is 4.65. The van der Waals surface area contributed by atoms with Gasteiger partial charge >= 0.3 is 0 Å². The molecule has 0 aliphatic carbocycles. The van der Waals surface area contributed by atoms with Crippen LogP contribution in [0.5, 0.6) is 0 Å². The third-order valence-corrected chi connectivity index (χ3v) is 3.33. The van der Waals surface area contributed by atoms with Gasteiger partial charge in [-0.05, 0) is 39.9 Å². The Hall–Kier alpha value is -1.12. The molecule has 1 unspecified atom stereocenters. The van der Waals surface area contributed by atoms with E-state index in [1.807, 2.05) is 6.92 Å². The minimum atomic E-state index is -0.514. The third kappa shape index (κ3) is 3.19. The van der Waals surface area contributed by atoms with Gasteiger partial charge in [0.25, 0.3) is 0 Å². The fraction of sp³-hybridized carbons (Fsp3) is 0.818. The zero-order valence-electron chi connectivity index (χ0n) is 9.99. The Balaban J connectivity index is 2.43. The van der Waals surface area contributed by atoms with Gasteiger partial charge in [-0.3, -0.25) is 4.79 Å². The lowest BCUT2D eigenvalue weighted by Crippen LogP contribution is -2.51. The first-order valence-corrected chi connectivity index (χ1v) is 5.62. The molecule has 16 heavy (non-hydrogen) atoms. The van der Waals surface area contributed by atoms with Crippen LogP contribution in [0.15, 0.2) is 0 Å². The summed E-state index contributed by atoms with van der Waals surface area (Å²) >= 11 is 0. The molecule has 5 heteroatoms. The number of carbonyl (C=O) groups is 1. The summed E-state index contributed by atoms with van der Waals surface area (Å²) in [6.07, 6.45) is 1.61. The van der Waals surface area contributed by atoms with Gasteiger partial charge < -0.3 is 16.0 Å². The van der Waals surface area contributed by atoms with Crippen molar-refractivity contribution in [2.75, 3.05) is 26.7 Å². The van der Waals surface area contributed by atoms with Crippen molar-refractivity contribution in [3.63, 3.8) is 0 Å². The van der Waals surface area contributed by atoms with E-state index in [1.54, 1.807) is 7.05 Å². The average molecular weight is 224 g/mol. The van der Waals surface area contributed by atoms with Crippen LogP contribution in [0.1, 0.15) is 19.8 Å². The van der Waals surface area contributed by atoms with E-state index in [0.29, 0.717) is 6.54 Å². The molecule has 1 saturated heterocycles. The van der Waals surface area contributed by atoms with E-state index < -0.39 is 5.54 Å². The summed E-state index contributed by atoms with van der Waals surface area (Å²) in [5.41, 5.74) is 4.76. The van der Waals surface area contributed by atoms with E-state index >= 15 is 0 Å². The first-order chi connectivity index (χ1) is 7.50. The Morgan fingerprint density at radius 2 is 2.19 bits per heavy atom. The number of piperidine rings is 1. The van der Waals surface area contributed by atoms with Crippen LogP contribution in [0.25, 0.3) is 0 Å². The van der Waals surface area contributed by atoms with Crippen molar-refractivity contribution < 1.29 is 4.79 Å². The normalized spacial score (nSPS) is 22.3. The number of hydrogen-bond acceptors (Lipinski definition) is 4. The van der Waals surface area contributed by atoms with Crippen LogP contribution in [0.3, 0.4) is 0 Å². The van der Waals surface area contributed by atoms with Crippen molar-refractivity contribution in [2.45, 2.75) is 25.3 Å². The van der Waals surface area contributed by atoms with Gasteiger partial charge in [-0.2, -0.15) is 5.26 Å². The molecule has 90 valence electrons. The largest absolute Gasteiger partial charge is 0.369 e. The molecular weight excluding hydrogens is 204 g/mol. The molecule has 1 fully saturated rings. The number of likely N-dealkylation sites (tertiary alicyclic amines) is 1. The molecule has 0 saturated carbocycles. The number of carbonyl (C=O) groups excluding carboxylic acids is 1. The molecule has 1 atom stereocenters. The van der Waals surface area contributed by atoms with E-state index in [1.165, 1.54) is 0 Å². The van der Waals surface area contributed by atoms with Gasteiger partial charge in [-0.15, -0.1) is 0 Å². The highest BCUT2D eigenvalue weighted by molar-refractivity contribution is 5.76. The molecule has 5 nitrogen and oxygen atoms in total. The third-order valence-electron chi connectivity index (χ3n) is 3.33. The second kappa shape index (κ2) is 5.28. The van der Waals surface area contributed by atoms with E-state index in [9.17, 15) is 4.79 Å². The average Bonchev–Trinajstić information content (AvgIpc) is 2.29. The van der Waals surface area contributed by atoms with Crippen LogP contribution < -0.4 is 11.1 Å². The molecule has 0 spiro atoms. The first-order valence-electron chi connectivity index (χ1n) is 5.62. The zero-order valence-corrected chi connectivity index (χ0v) is 9.99. The molecule has 1 aliphatic rings. The summed E-state index contributed by atoms with van der Waals surface area (Å²) < 4.78 is 0. The molecule has 1 amide bonds. The van der Waals surface area contributed by atoms with Crippen LogP contribution in [0.2, 0.25) is 0 Å². The van der Waals surface area contributed by atoms with Crippen molar-refractivity contribution in [1.29, 1.82) is 5.26 Å². The summed E-state index contributed by atoms with van der Waals surface area (Å²) in [6, 6.07) is 2.26. The number of likely N-dealkylation sites (N-methyl/N-ethyl adjacent to an activating group) is 1. The highest BCUT2D eigenvalue weighted by Crippen LogP contribution is 2.18. The number of nitrogens with two attached hydrogens (primary N) is 1. The quantitative estimate of drug-likeness (QED) is 0.686. The lowest BCUT2D eigenvalue weighted by atomic mass is 9.94. The number of amides is 1. The van der Waals surface area contributed by atoms with Gasteiger partial charge in [-0.1, -0.05) is 0 Å². The first kappa shape index (κ1) is 12.9. The second-order valence-corrected chi connectivity index (χ2v) is 4.65. The van der Waals surface area contributed by atoms with Crippen LogP contribution >= 0.6 is 0 Å². The van der Waals surface area contributed by atoms with Gasteiger partial charge in [0, 0.05) is 12.5 Å². The SMILES string of the molecule is CNC(C)(C#N)CN1CCC(C(N)=O)CC1. The number of nitrogens with one attached hydrogen (secondary N) is 1. The van der Waals surface area contributed by atoms with Gasteiger partial charge in [0.2, 0.25) is 5.91 Å². The standard InChI is InChI=1S/C11H20N4O/c1-11(7-12,14-2)8-15-5-3-9(4-6-15)10(13)16/h9,14H,3-6,8H2,1-2H3,(H2,13,16). The van der Waals surface area contributed by atoms with Crippen molar-refractivity contribution in [2.24, 2.45) is 11.7 Å². The Morgan fingerprint density at radius 3 is 2.56 bits per heavy atom. The van der Waals surface area contributed by atoms with Gasteiger partial charge in [0.1, 0.15) is 5.54 Å². The molecule has 0 radical (unpaired) electrons. The summed E-state index contributed by atoms with van der Waals surface area (Å²) in [5.74, 6) is -0.185. The van der Waals surface area contributed by atoms with E-state index in [0.717, 1.165) is 25.9 Å². The maximum Gasteiger partial charge on any atom is 0.220 e. The smallest absolute Gasteiger partial charge is 0.220 e. The molecule has 1 heterocycles. The summed E-state index contributed by atoms with van der Waals surface area (Å²) in [5, 5.41) is 12.1. The summed E-state index contributed by atoms with van der Waals surface area (Å²) in [7, 11) is 1.79. The predicted octanol–water partition coefficient (Wildman–Crippen LogP) is -0.315. The Labute approximate surface area is 96.6 Å². The minimum absolute atomic E-state index is 0.0131. The van der Waals surface area contributed by atoms with Crippen molar-refractivity contribution >= 4 is 5.91 Å². The molecule has 1 aliphatic heterocycles. The number of nitriles is 1. The molecule has 1 rings (SSSR count). The molecule has 0 bridgehead atoms. The van der Waals surface area contributed by atoms with Crippen LogP contribution in [-0.2, 0) is 4.79 Å². The number of primary amides is 1. The fourth-order valence-electron chi connectivity index (χ4n) is 1.99. The number of hydrogen-bond donors (Lipinski definition) is 2. The van der Waals surface area contributed by atoms with Crippen molar-refractivity contribution in [3.05, 3.63) is 0 Å². The number of rotatable bonds is 4. The fourth-order valence-corrected chi connectivity index (χ4v) is 1.99. The summed E-state index contributed by atoms with van der Waals surface area (Å²) in [4.78, 5) is 13.2. The topological polar surface area (TPSA) is 82.2 Å². The summed E-state index contributed by atoms with van der Waals surface area (Å²) in [6.45, 7) is 4.25. The Bertz CT molecular complexity index is 291. The molecular formula is C11H20N4O. The molecule has 0 aromatic rings. The number of nitrogens with zero attached hydrogens (tertiary/aromatic N) is 2. The van der Waals surface area contributed by atoms with E-state index in [-0.39, 0.29) is 11.8 Å². The lowest BCUT2D eigenvalue weighted by molar-refractivity contribution is -0.123. The Morgan fingerprint density at radius 1 is 1.62 bits per heavy atom. The molecule has 3 N–H and O–H groups in total. The van der Waals surface area contributed by atoms with Crippen LogP contribution in [0, 0.1) is 17.2 Å². The Kier molecular flexibility index (Phi) is 4.27. The lowest BCUT2D eigenvalue weighted by Gasteiger charge is -2.35. The highest BCUT2D eigenvalue weighted by atomic mass is 16.1. The van der Waals surface area contributed by atoms with Gasteiger partial charge in [0.05, 0.1) is 6.07 Å². The monoisotopic (exact) mass is 224 g/mol. The van der Waals surface area contributed by atoms with Gasteiger partial charge in [-0.25, -0.2) is 0 Å². The van der Waals surface area contributed by atoms with E-state index in [2.05, 4.69) is 16.3 Å². The molecule has 0 aromatic carbocycles. The maximum atomic E-state index is 11.0. The minimum Gasteiger partial charge on any atom is -0.369 e. The van der Waals surface area contributed by atoms with Crippen LogP contribution in [-0.4, -0.2) is 43.0 Å². The van der Waals surface area contributed by atoms with Crippen molar-refractivity contribution in [3.8, 4) is 6.07 Å². The molecule has 0 aromatic heterocycles. The van der Waals surface area contributed by atoms with Crippen LogP contribution in [0.4, 0.5) is 0 Å². The zero-order chi connectivity index (χ0) is 12.2. The highest BCUT2D eigenvalue weighted by Gasteiger charge is 2.29. The van der Waals surface area contributed by atoms with Crippen molar-refractivity contribution in [1.82, 2.24) is 10.2 Å². The maximum absolute atomic E-state index is 11.0. The predicted molar refractivity (Wildman–Crippen MR) is 61.4 cm³/mol. The van der Waals surface area contributed by atoms with E-state index in [4.69, 9.17) is 11.0 Å². The van der Waals surface area contributed by atoms with Gasteiger partial charge in [0.15, 0.2) is 0 Å².